The Kier molecular flexibility index (Phi) is 3.87. The van der Waals surface area contributed by atoms with E-state index in [0.29, 0.717) is 12.2 Å². The molecule has 5 heteroatoms. The number of piperidine rings is 1. The maximum Gasteiger partial charge on any atom is 0.339 e. The highest BCUT2D eigenvalue weighted by Gasteiger charge is 2.33. The van der Waals surface area contributed by atoms with Gasteiger partial charge in [-0.05, 0) is 50.4 Å². The number of hydrogen-bond acceptors (Lipinski definition) is 5. The first-order chi connectivity index (χ1) is 9.78. The molecule has 0 radical (unpaired) electrons. The van der Waals surface area contributed by atoms with Crippen LogP contribution in [0.1, 0.15) is 23.7 Å². The van der Waals surface area contributed by atoms with E-state index in [1.165, 1.54) is 6.42 Å². The minimum Gasteiger partial charge on any atom is -0.462 e. The van der Waals surface area contributed by atoms with Crippen molar-refractivity contribution in [1.29, 1.82) is 0 Å². The van der Waals surface area contributed by atoms with E-state index in [0.717, 1.165) is 43.8 Å². The van der Waals surface area contributed by atoms with Crippen LogP contribution >= 0.6 is 0 Å². The molecule has 3 heterocycles. The molecule has 2 aliphatic rings. The number of rotatable bonds is 3. The molecule has 2 saturated heterocycles. The van der Waals surface area contributed by atoms with Crippen LogP contribution in [-0.2, 0) is 4.74 Å². The molecule has 2 fully saturated rings. The predicted octanol–water partition coefficient (Wildman–Crippen LogP) is 1.30. The molecule has 0 aromatic carbocycles. The zero-order valence-electron chi connectivity index (χ0n) is 11.8. The Morgan fingerprint density at radius 2 is 2.30 bits per heavy atom. The standard InChI is InChI=1S/C15H21N3O2/c1-2-20-15(19)12-3-4-14(17-9-12)18-6-5-11-7-16-8-13(11)10-18/h3-4,9,11,13,16H,2,5-8,10H2,1H3. The molecule has 0 amide bonds. The lowest BCUT2D eigenvalue weighted by molar-refractivity contribution is 0.0526. The van der Waals surface area contributed by atoms with Crippen molar-refractivity contribution in [2.24, 2.45) is 11.8 Å². The Morgan fingerprint density at radius 3 is 3.05 bits per heavy atom. The SMILES string of the molecule is CCOC(=O)c1ccc(N2CCC3CNCC3C2)nc1. The number of anilines is 1. The molecular formula is C15H21N3O2. The summed E-state index contributed by atoms with van der Waals surface area (Å²) in [5, 5.41) is 3.47. The summed E-state index contributed by atoms with van der Waals surface area (Å²) < 4.78 is 4.97. The number of nitrogens with zero attached hydrogens (tertiary/aromatic N) is 2. The fourth-order valence-electron chi connectivity index (χ4n) is 3.15. The number of carbonyl (C=O) groups is 1. The fraction of sp³-hybridized carbons (Fsp3) is 0.600. The molecule has 1 N–H and O–H groups in total. The number of ether oxygens (including phenoxy) is 1. The summed E-state index contributed by atoms with van der Waals surface area (Å²) in [5.41, 5.74) is 0.521. The Bertz CT molecular complexity index is 475. The van der Waals surface area contributed by atoms with Crippen molar-refractivity contribution in [3.05, 3.63) is 23.9 Å². The summed E-state index contributed by atoms with van der Waals surface area (Å²) in [5.74, 6) is 2.22. The highest BCUT2D eigenvalue weighted by atomic mass is 16.5. The Hall–Kier alpha value is -1.62. The molecular weight excluding hydrogens is 254 g/mol. The third-order valence-electron chi connectivity index (χ3n) is 4.29. The third-order valence-corrected chi connectivity index (χ3v) is 4.29. The van der Waals surface area contributed by atoms with Gasteiger partial charge in [-0.15, -0.1) is 0 Å². The van der Waals surface area contributed by atoms with Gasteiger partial charge < -0.3 is 15.0 Å². The van der Waals surface area contributed by atoms with E-state index in [-0.39, 0.29) is 5.97 Å². The number of nitrogens with one attached hydrogen (secondary N) is 1. The normalized spacial score (nSPS) is 25.4. The molecule has 0 saturated carbocycles. The Morgan fingerprint density at radius 1 is 1.45 bits per heavy atom. The summed E-state index contributed by atoms with van der Waals surface area (Å²) >= 11 is 0. The number of pyridine rings is 1. The first kappa shape index (κ1) is 13.4. The Balaban J connectivity index is 1.67. The molecule has 3 rings (SSSR count). The van der Waals surface area contributed by atoms with Gasteiger partial charge in [0.2, 0.25) is 0 Å². The summed E-state index contributed by atoms with van der Waals surface area (Å²) in [6, 6.07) is 3.73. The van der Waals surface area contributed by atoms with Gasteiger partial charge >= 0.3 is 5.97 Å². The lowest BCUT2D eigenvalue weighted by atomic mass is 9.89. The van der Waals surface area contributed by atoms with E-state index >= 15 is 0 Å². The van der Waals surface area contributed by atoms with E-state index < -0.39 is 0 Å². The number of fused-ring (bicyclic) bond motifs is 1. The predicted molar refractivity (Wildman–Crippen MR) is 76.9 cm³/mol. The molecule has 2 aliphatic heterocycles. The van der Waals surface area contributed by atoms with Gasteiger partial charge in [-0.3, -0.25) is 0 Å². The van der Waals surface area contributed by atoms with Crippen molar-refractivity contribution in [2.75, 3.05) is 37.7 Å². The number of hydrogen-bond donors (Lipinski definition) is 1. The van der Waals surface area contributed by atoms with Crippen molar-refractivity contribution >= 4 is 11.8 Å². The molecule has 108 valence electrons. The minimum atomic E-state index is -0.301. The van der Waals surface area contributed by atoms with E-state index in [2.05, 4.69) is 15.2 Å². The summed E-state index contributed by atoms with van der Waals surface area (Å²) in [6.45, 7) is 6.58. The quantitative estimate of drug-likeness (QED) is 0.843. The lowest BCUT2D eigenvalue weighted by Gasteiger charge is -2.35. The zero-order valence-corrected chi connectivity index (χ0v) is 11.8. The number of aromatic nitrogens is 1. The molecule has 1 aromatic heterocycles. The summed E-state index contributed by atoms with van der Waals surface area (Å²) in [4.78, 5) is 18.3. The lowest BCUT2D eigenvalue weighted by Crippen LogP contribution is -2.40. The molecule has 0 bridgehead atoms. The van der Waals surface area contributed by atoms with Gasteiger partial charge in [0.05, 0.1) is 12.2 Å². The molecule has 0 aliphatic carbocycles. The van der Waals surface area contributed by atoms with Crippen LogP contribution in [0.15, 0.2) is 18.3 Å². The fourth-order valence-corrected chi connectivity index (χ4v) is 3.15. The van der Waals surface area contributed by atoms with Gasteiger partial charge in [-0.1, -0.05) is 0 Å². The van der Waals surface area contributed by atoms with Crippen LogP contribution in [-0.4, -0.2) is 43.7 Å². The van der Waals surface area contributed by atoms with Crippen LogP contribution in [0.25, 0.3) is 0 Å². The maximum atomic E-state index is 11.6. The van der Waals surface area contributed by atoms with Gasteiger partial charge in [0.25, 0.3) is 0 Å². The van der Waals surface area contributed by atoms with Crippen molar-refractivity contribution in [3.8, 4) is 0 Å². The highest BCUT2D eigenvalue weighted by molar-refractivity contribution is 5.89. The van der Waals surface area contributed by atoms with Crippen LogP contribution < -0.4 is 10.2 Å². The van der Waals surface area contributed by atoms with Gasteiger partial charge in [0, 0.05) is 19.3 Å². The van der Waals surface area contributed by atoms with Crippen molar-refractivity contribution < 1.29 is 9.53 Å². The first-order valence-corrected chi connectivity index (χ1v) is 7.36. The molecule has 2 unspecified atom stereocenters. The van der Waals surface area contributed by atoms with Gasteiger partial charge in [0.1, 0.15) is 5.82 Å². The average molecular weight is 275 g/mol. The monoisotopic (exact) mass is 275 g/mol. The summed E-state index contributed by atoms with van der Waals surface area (Å²) in [6.07, 6.45) is 2.84. The van der Waals surface area contributed by atoms with E-state index in [1.54, 1.807) is 19.2 Å². The van der Waals surface area contributed by atoms with E-state index in [1.807, 2.05) is 6.07 Å². The van der Waals surface area contributed by atoms with Gasteiger partial charge in [0.15, 0.2) is 0 Å². The number of carbonyl (C=O) groups excluding carboxylic acids is 1. The highest BCUT2D eigenvalue weighted by Crippen LogP contribution is 2.28. The third kappa shape index (κ3) is 2.63. The molecule has 5 nitrogen and oxygen atoms in total. The second-order valence-corrected chi connectivity index (χ2v) is 5.54. The average Bonchev–Trinajstić information content (AvgIpc) is 2.95. The van der Waals surface area contributed by atoms with Crippen LogP contribution in [0, 0.1) is 11.8 Å². The summed E-state index contributed by atoms with van der Waals surface area (Å²) in [7, 11) is 0. The van der Waals surface area contributed by atoms with E-state index in [4.69, 9.17) is 4.74 Å². The topological polar surface area (TPSA) is 54.5 Å². The Labute approximate surface area is 119 Å². The smallest absolute Gasteiger partial charge is 0.339 e. The van der Waals surface area contributed by atoms with Crippen LogP contribution in [0.4, 0.5) is 5.82 Å². The second-order valence-electron chi connectivity index (χ2n) is 5.54. The minimum absolute atomic E-state index is 0.301. The zero-order chi connectivity index (χ0) is 13.9. The van der Waals surface area contributed by atoms with Crippen LogP contribution in [0.3, 0.4) is 0 Å². The largest absolute Gasteiger partial charge is 0.462 e. The van der Waals surface area contributed by atoms with Crippen molar-refractivity contribution in [3.63, 3.8) is 0 Å². The van der Waals surface area contributed by atoms with Crippen molar-refractivity contribution in [2.45, 2.75) is 13.3 Å². The van der Waals surface area contributed by atoms with E-state index in [9.17, 15) is 4.79 Å². The van der Waals surface area contributed by atoms with Gasteiger partial charge in [-0.25, -0.2) is 9.78 Å². The first-order valence-electron chi connectivity index (χ1n) is 7.36. The van der Waals surface area contributed by atoms with Crippen LogP contribution in [0.2, 0.25) is 0 Å². The molecule has 1 aromatic rings. The molecule has 2 atom stereocenters. The second kappa shape index (κ2) is 5.79. The number of esters is 1. The molecule has 0 spiro atoms. The van der Waals surface area contributed by atoms with Crippen LogP contribution in [0.5, 0.6) is 0 Å². The van der Waals surface area contributed by atoms with Crippen molar-refractivity contribution in [1.82, 2.24) is 10.3 Å². The molecule has 20 heavy (non-hydrogen) atoms. The van der Waals surface area contributed by atoms with Gasteiger partial charge in [-0.2, -0.15) is 0 Å². The maximum absolute atomic E-state index is 11.6.